The van der Waals surface area contributed by atoms with Crippen LogP contribution in [-0.2, 0) is 4.79 Å². The van der Waals surface area contributed by atoms with Crippen molar-refractivity contribution in [3.8, 4) is 0 Å². The Balaban J connectivity index is 1.88. The second-order valence-electron chi connectivity index (χ2n) is 5.88. The molecule has 0 amide bonds. The Labute approximate surface area is 134 Å². The van der Waals surface area contributed by atoms with Gasteiger partial charge in [0.25, 0.3) is 0 Å². The number of carboxylic acid groups (broad SMARTS) is 1. The maximum absolute atomic E-state index is 11.6. The molecule has 0 spiro atoms. The number of aromatic nitrogens is 3. The van der Waals surface area contributed by atoms with Crippen LogP contribution in [0.3, 0.4) is 0 Å². The zero-order valence-electron chi connectivity index (χ0n) is 12.9. The molecule has 0 bridgehead atoms. The zero-order chi connectivity index (χ0) is 16.2. The molecule has 1 saturated carbocycles. The van der Waals surface area contributed by atoms with Crippen molar-refractivity contribution in [2.75, 3.05) is 5.73 Å². The average molecular weight is 312 g/mol. The summed E-state index contributed by atoms with van der Waals surface area (Å²) < 4.78 is 2.05. The normalized spacial score (nSPS) is 16.4. The zero-order valence-corrected chi connectivity index (χ0v) is 12.9. The fraction of sp³-hybridized carbons (Fsp3) is 0.353. The van der Waals surface area contributed by atoms with Crippen LogP contribution in [0.2, 0.25) is 0 Å². The van der Waals surface area contributed by atoms with Crippen LogP contribution in [-0.4, -0.2) is 25.6 Å². The van der Waals surface area contributed by atoms with Gasteiger partial charge in [-0.2, -0.15) is 0 Å². The van der Waals surface area contributed by atoms with E-state index >= 15 is 0 Å². The van der Waals surface area contributed by atoms with E-state index in [4.69, 9.17) is 5.73 Å². The smallest absolute Gasteiger partial charge is 0.337 e. The number of carbonyl (C=O) groups is 1. The van der Waals surface area contributed by atoms with Crippen LogP contribution >= 0.6 is 0 Å². The number of anilines is 1. The molecule has 0 saturated heterocycles. The number of carboxylic acids is 1. The highest BCUT2D eigenvalue weighted by atomic mass is 16.4. The molecular weight excluding hydrogens is 292 g/mol. The van der Waals surface area contributed by atoms with Gasteiger partial charge in [0.15, 0.2) is 0 Å². The predicted octanol–water partition coefficient (Wildman–Crippen LogP) is 2.99. The van der Waals surface area contributed by atoms with Crippen LogP contribution in [0.15, 0.2) is 30.9 Å². The lowest BCUT2D eigenvalue weighted by Gasteiger charge is -2.22. The molecule has 120 valence electrons. The van der Waals surface area contributed by atoms with Crippen LogP contribution in [0.4, 0.5) is 5.82 Å². The highest BCUT2D eigenvalue weighted by Crippen LogP contribution is 2.29. The van der Waals surface area contributed by atoms with Crippen LogP contribution in [0.5, 0.6) is 0 Å². The van der Waals surface area contributed by atoms with Gasteiger partial charge in [0, 0.05) is 18.4 Å². The molecule has 3 rings (SSSR count). The minimum atomic E-state index is -1.00. The molecule has 0 aromatic carbocycles. The molecule has 3 N–H and O–H groups in total. The summed E-state index contributed by atoms with van der Waals surface area (Å²) in [4.78, 5) is 19.9. The first-order valence-corrected chi connectivity index (χ1v) is 7.84. The van der Waals surface area contributed by atoms with Crippen molar-refractivity contribution in [3.63, 3.8) is 0 Å². The fourth-order valence-electron chi connectivity index (χ4n) is 2.97. The molecule has 1 fully saturated rings. The lowest BCUT2D eigenvalue weighted by atomic mass is 9.95. The van der Waals surface area contributed by atoms with Gasteiger partial charge in [-0.15, -0.1) is 0 Å². The standard InChI is InChI=1S/C17H20N4O2/c18-16-7-6-12(9-19-16)8-14(17(22)23)15-10-21(11-20-15)13-4-2-1-3-5-13/h6-11,13H,1-5H2,(H2,18,19)(H,22,23). The SMILES string of the molecule is Nc1ccc(C=C(C(=O)O)c2cn(C3CCCCC3)cn2)cn1. The van der Waals surface area contributed by atoms with Crippen molar-refractivity contribution in [2.45, 2.75) is 38.1 Å². The lowest BCUT2D eigenvalue weighted by molar-refractivity contribution is -0.130. The number of nitrogens with two attached hydrogens (primary N) is 1. The summed E-state index contributed by atoms with van der Waals surface area (Å²) in [5, 5.41) is 9.50. The molecule has 23 heavy (non-hydrogen) atoms. The second-order valence-corrected chi connectivity index (χ2v) is 5.88. The van der Waals surface area contributed by atoms with E-state index in [1.165, 1.54) is 19.3 Å². The van der Waals surface area contributed by atoms with Gasteiger partial charge in [0.2, 0.25) is 0 Å². The van der Waals surface area contributed by atoms with Gasteiger partial charge in [-0.05, 0) is 36.6 Å². The summed E-state index contributed by atoms with van der Waals surface area (Å²) in [7, 11) is 0. The van der Waals surface area contributed by atoms with Crippen LogP contribution in [0.1, 0.15) is 49.4 Å². The highest BCUT2D eigenvalue weighted by molar-refractivity contribution is 6.19. The first-order chi connectivity index (χ1) is 11.1. The molecule has 2 heterocycles. The summed E-state index contributed by atoms with van der Waals surface area (Å²) >= 11 is 0. The Morgan fingerprint density at radius 2 is 2.04 bits per heavy atom. The molecule has 0 radical (unpaired) electrons. The molecule has 1 aliphatic rings. The van der Waals surface area contributed by atoms with Crippen LogP contribution in [0, 0.1) is 0 Å². The summed E-state index contributed by atoms with van der Waals surface area (Å²) in [6.07, 6.45) is 12.7. The minimum Gasteiger partial charge on any atom is -0.478 e. The van der Waals surface area contributed by atoms with Gasteiger partial charge in [-0.1, -0.05) is 19.3 Å². The van der Waals surface area contributed by atoms with Gasteiger partial charge in [-0.25, -0.2) is 14.8 Å². The predicted molar refractivity (Wildman–Crippen MR) is 88.5 cm³/mol. The number of rotatable bonds is 4. The largest absolute Gasteiger partial charge is 0.478 e. The molecule has 6 nitrogen and oxygen atoms in total. The first kappa shape index (κ1) is 15.3. The van der Waals surface area contributed by atoms with Crippen molar-refractivity contribution < 1.29 is 9.90 Å². The summed E-state index contributed by atoms with van der Waals surface area (Å²) in [5.74, 6) is -0.601. The molecule has 2 aromatic heterocycles. The van der Waals surface area contributed by atoms with Crippen molar-refractivity contribution in [3.05, 3.63) is 42.1 Å². The maximum atomic E-state index is 11.6. The number of nitrogen functional groups attached to an aromatic ring is 1. The van der Waals surface area contributed by atoms with Gasteiger partial charge in [0.05, 0.1) is 17.6 Å². The molecule has 0 unspecified atom stereocenters. The van der Waals surface area contributed by atoms with Crippen molar-refractivity contribution in [1.82, 2.24) is 14.5 Å². The molecule has 6 heteroatoms. The van der Waals surface area contributed by atoms with E-state index in [1.807, 2.05) is 10.8 Å². The third-order valence-electron chi connectivity index (χ3n) is 4.22. The van der Waals surface area contributed by atoms with Gasteiger partial charge < -0.3 is 15.4 Å². The van der Waals surface area contributed by atoms with Crippen LogP contribution in [0.25, 0.3) is 11.6 Å². The Hall–Kier alpha value is -2.63. The molecule has 0 aliphatic heterocycles. The Morgan fingerprint density at radius 1 is 1.26 bits per heavy atom. The number of hydrogen-bond donors (Lipinski definition) is 2. The summed E-state index contributed by atoms with van der Waals surface area (Å²) in [6, 6.07) is 3.81. The number of aliphatic carboxylic acids is 1. The fourth-order valence-corrected chi connectivity index (χ4v) is 2.97. The van der Waals surface area contributed by atoms with Gasteiger partial charge >= 0.3 is 5.97 Å². The minimum absolute atomic E-state index is 0.158. The Morgan fingerprint density at radius 3 is 2.70 bits per heavy atom. The van der Waals surface area contributed by atoms with Gasteiger partial charge in [0.1, 0.15) is 5.82 Å². The third-order valence-corrected chi connectivity index (χ3v) is 4.22. The van der Waals surface area contributed by atoms with E-state index < -0.39 is 5.97 Å². The average Bonchev–Trinajstić information content (AvgIpc) is 3.04. The molecule has 0 atom stereocenters. The van der Waals surface area contributed by atoms with Crippen molar-refractivity contribution in [2.24, 2.45) is 0 Å². The topological polar surface area (TPSA) is 94.0 Å². The molecule has 1 aliphatic carbocycles. The second kappa shape index (κ2) is 6.64. The first-order valence-electron chi connectivity index (χ1n) is 7.84. The van der Waals surface area contributed by atoms with Crippen molar-refractivity contribution in [1.29, 1.82) is 0 Å². The monoisotopic (exact) mass is 312 g/mol. The van der Waals surface area contributed by atoms with E-state index in [1.54, 1.807) is 30.7 Å². The molecular formula is C17H20N4O2. The Kier molecular flexibility index (Phi) is 4.41. The number of imidazole rings is 1. The number of nitrogens with zero attached hydrogens (tertiary/aromatic N) is 3. The quantitative estimate of drug-likeness (QED) is 0.846. The Bertz CT molecular complexity index is 712. The number of pyridine rings is 1. The highest BCUT2D eigenvalue weighted by Gasteiger charge is 2.18. The van der Waals surface area contributed by atoms with Gasteiger partial charge in [-0.3, -0.25) is 0 Å². The molecule has 2 aromatic rings. The summed E-state index contributed by atoms with van der Waals surface area (Å²) in [5.41, 5.74) is 6.87. The van der Waals surface area contributed by atoms with E-state index in [0.717, 1.165) is 12.8 Å². The number of hydrogen-bond acceptors (Lipinski definition) is 4. The van der Waals surface area contributed by atoms with E-state index in [-0.39, 0.29) is 5.57 Å². The van der Waals surface area contributed by atoms with Crippen molar-refractivity contribution >= 4 is 23.4 Å². The maximum Gasteiger partial charge on any atom is 0.337 e. The third kappa shape index (κ3) is 3.59. The lowest BCUT2D eigenvalue weighted by Crippen LogP contribution is -2.10. The summed E-state index contributed by atoms with van der Waals surface area (Å²) in [6.45, 7) is 0. The van der Waals surface area contributed by atoms with E-state index in [9.17, 15) is 9.90 Å². The van der Waals surface area contributed by atoms with E-state index in [2.05, 4.69) is 9.97 Å². The van der Waals surface area contributed by atoms with E-state index in [0.29, 0.717) is 23.1 Å². The van der Waals surface area contributed by atoms with Crippen LogP contribution < -0.4 is 5.73 Å².